The second-order valence-electron chi connectivity index (χ2n) is 4.28. The number of fused-ring (bicyclic) bond motifs is 1. The minimum absolute atomic E-state index is 0.107. The Morgan fingerprint density at radius 1 is 1.42 bits per heavy atom. The number of carbonyl (C=O) groups excluding carboxylic acids is 1. The molecule has 1 aromatic heterocycles. The Labute approximate surface area is 115 Å². The highest BCUT2D eigenvalue weighted by molar-refractivity contribution is 7.16. The molecule has 2 aromatic rings. The van der Waals surface area contributed by atoms with Crippen molar-refractivity contribution in [2.45, 2.75) is 0 Å². The summed E-state index contributed by atoms with van der Waals surface area (Å²) >= 11 is 1.56. The second kappa shape index (κ2) is 5.75. The fraction of sp³-hybridized carbons (Fsp3) is 0.333. The molecule has 1 heterocycles. The zero-order valence-corrected chi connectivity index (χ0v) is 11.8. The Bertz CT molecular complexity index is 581. The van der Waals surface area contributed by atoms with Crippen LogP contribution < -0.4 is 16.4 Å². The number of anilines is 2. The SMILES string of the molecule is CN(C)C(=O)NCCNc1ccc2scnc2c1N. The van der Waals surface area contributed by atoms with E-state index in [0.717, 1.165) is 15.9 Å². The van der Waals surface area contributed by atoms with E-state index in [2.05, 4.69) is 15.6 Å². The summed E-state index contributed by atoms with van der Waals surface area (Å²) in [5.41, 5.74) is 10.1. The van der Waals surface area contributed by atoms with Crippen LogP contribution in [0.25, 0.3) is 10.2 Å². The molecule has 0 atom stereocenters. The van der Waals surface area contributed by atoms with Crippen molar-refractivity contribution in [2.24, 2.45) is 0 Å². The first-order valence-corrected chi connectivity index (χ1v) is 6.78. The highest BCUT2D eigenvalue weighted by Crippen LogP contribution is 2.29. The molecule has 0 bridgehead atoms. The maximum Gasteiger partial charge on any atom is 0.316 e. The first-order valence-electron chi connectivity index (χ1n) is 5.90. The average Bonchev–Trinajstić information content (AvgIpc) is 2.85. The molecule has 19 heavy (non-hydrogen) atoms. The quantitative estimate of drug-likeness (QED) is 0.586. The molecule has 0 aliphatic rings. The Morgan fingerprint density at radius 2 is 2.21 bits per heavy atom. The molecule has 0 fully saturated rings. The molecular weight excluding hydrogens is 262 g/mol. The van der Waals surface area contributed by atoms with Gasteiger partial charge in [0.05, 0.1) is 21.6 Å². The van der Waals surface area contributed by atoms with Gasteiger partial charge >= 0.3 is 6.03 Å². The number of aromatic nitrogens is 1. The summed E-state index contributed by atoms with van der Waals surface area (Å²) in [7, 11) is 3.41. The van der Waals surface area contributed by atoms with Gasteiger partial charge in [-0.25, -0.2) is 9.78 Å². The first kappa shape index (κ1) is 13.4. The van der Waals surface area contributed by atoms with Gasteiger partial charge in [0.15, 0.2) is 0 Å². The number of nitrogen functional groups attached to an aromatic ring is 1. The van der Waals surface area contributed by atoms with Gasteiger partial charge in [0.1, 0.15) is 5.52 Å². The van der Waals surface area contributed by atoms with Crippen molar-refractivity contribution in [3.8, 4) is 0 Å². The number of urea groups is 1. The van der Waals surface area contributed by atoms with Gasteiger partial charge in [-0.1, -0.05) is 0 Å². The van der Waals surface area contributed by atoms with Crippen molar-refractivity contribution >= 4 is 39.0 Å². The highest BCUT2D eigenvalue weighted by atomic mass is 32.1. The zero-order valence-electron chi connectivity index (χ0n) is 10.9. The molecule has 0 radical (unpaired) electrons. The largest absolute Gasteiger partial charge is 0.395 e. The van der Waals surface area contributed by atoms with Crippen molar-refractivity contribution in [3.63, 3.8) is 0 Å². The van der Waals surface area contributed by atoms with E-state index in [9.17, 15) is 4.79 Å². The third kappa shape index (κ3) is 3.05. The zero-order chi connectivity index (χ0) is 13.8. The molecule has 4 N–H and O–H groups in total. The average molecular weight is 279 g/mol. The van der Waals surface area contributed by atoms with E-state index in [1.807, 2.05) is 12.1 Å². The standard InChI is InChI=1S/C12H17N5OS/c1-17(2)12(18)15-6-5-14-8-3-4-9-11(10(8)13)16-7-19-9/h3-4,7,14H,5-6,13H2,1-2H3,(H,15,18). The van der Waals surface area contributed by atoms with E-state index in [4.69, 9.17) is 5.73 Å². The van der Waals surface area contributed by atoms with Gasteiger partial charge in [-0.15, -0.1) is 11.3 Å². The maximum atomic E-state index is 11.3. The first-order chi connectivity index (χ1) is 9.09. The number of thiazole rings is 1. The van der Waals surface area contributed by atoms with Crippen LogP contribution in [0.4, 0.5) is 16.2 Å². The van der Waals surface area contributed by atoms with Crippen molar-refractivity contribution < 1.29 is 4.79 Å². The smallest absolute Gasteiger partial charge is 0.316 e. The van der Waals surface area contributed by atoms with Crippen LogP contribution in [0.5, 0.6) is 0 Å². The molecule has 6 nitrogen and oxygen atoms in total. The minimum atomic E-state index is -0.107. The van der Waals surface area contributed by atoms with Crippen molar-refractivity contribution in [2.75, 3.05) is 38.2 Å². The second-order valence-corrected chi connectivity index (χ2v) is 5.17. The predicted octanol–water partition coefficient (Wildman–Crippen LogP) is 1.56. The maximum absolute atomic E-state index is 11.3. The molecule has 1 aromatic carbocycles. The van der Waals surface area contributed by atoms with Crippen LogP contribution in [0, 0.1) is 0 Å². The minimum Gasteiger partial charge on any atom is -0.395 e. The van der Waals surface area contributed by atoms with E-state index < -0.39 is 0 Å². The number of benzene rings is 1. The molecule has 0 spiro atoms. The van der Waals surface area contributed by atoms with Gasteiger partial charge in [0, 0.05) is 27.2 Å². The van der Waals surface area contributed by atoms with Crippen molar-refractivity contribution in [3.05, 3.63) is 17.6 Å². The lowest BCUT2D eigenvalue weighted by molar-refractivity contribution is 0.218. The van der Waals surface area contributed by atoms with E-state index in [1.165, 1.54) is 4.90 Å². The van der Waals surface area contributed by atoms with Crippen molar-refractivity contribution in [1.29, 1.82) is 0 Å². The summed E-state index contributed by atoms with van der Waals surface area (Å²) in [5.74, 6) is 0. The molecular formula is C12H17N5OS. The summed E-state index contributed by atoms with van der Waals surface area (Å²) in [6.45, 7) is 1.14. The molecule has 102 valence electrons. The number of nitrogens with one attached hydrogen (secondary N) is 2. The summed E-state index contributed by atoms with van der Waals surface area (Å²) in [4.78, 5) is 17.0. The number of carbonyl (C=O) groups is 1. The van der Waals surface area contributed by atoms with Crippen LogP contribution >= 0.6 is 11.3 Å². The van der Waals surface area contributed by atoms with Crippen LogP contribution in [0.15, 0.2) is 17.6 Å². The number of nitrogens with two attached hydrogens (primary N) is 1. The topological polar surface area (TPSA) is 83.3 Å². The lowest BCUT2D eigenvalue weighted by Gasteiger charge is -2.13. The molecule has 7 heteroatoms. The van der Waals surface area contributed by atoms with Gasteiger partial charge in [-0.05, 0) is 12.1 Å². The number of hydrogen-bond acceptors (Lipinski definition) is 5. The molecule has 2 amide bonds. The number of rotatable bonds is 4. The third-order valence-electron chi connectivity index (χ3n) is 2.66. The molecule has 0 aliphatic carbocycles. The summed E-state index contributed by atoms with van der Waals surface area (Å²) < 4.78 is 1.07. The number of hydrogen-bond donors (Lipinski definition) is 3. The van der Waals surface area contributed by atoms with Crippen molar-refractivity contribution in [1.82, 2.24) is 15.2 Å². The van der Waals surface area contributed by atoms with Crippen LogP contribution in [0.3, 0.4) is 0 Å². The van der Waals surface area contributed by atoms with Gasteiger partial charge < -0.3 is 21.3 Å². The van der Waals surface area contributed by atoms with Crippen LogP contribution in [0.2, 0.25) is 0 Å². The molecule has 2 rings (SSSR count). The Balaban J connectivity index is 1.91. The lowest BCUT2D eigenvalue weighted by Crippen LogP contribution is -2.37. The monoisotopic (exact) mass is 279 g/mol. The molecule has 0 aliphatic heterocycles. The van der Waals surface area contributed by atoms with E-state index >= 15 is 0 Å². The summed E-state index contributed by atoms with van der Waals surface area (Å²) in [5, 5.41) is 5.97. The lowest BCUT2D eigenvalue weighted by atomic mass is 10.2. The fourth-order valence-corrected chi connectivity index (χ4v) is 2.32. The highest BCUT2D eigenvalue weighted by Gasteiger charge is 2.06. The van der Waals surface area contributed by atoms with Crippen LogP contribution in [-0.4, -0.2) is 43.1 Å². The predicted molar refractivity (Wildman–Crippen MR) is 79.6 cm³/mol. The number of amides is 2. The summed E-state index contributed by atoms with van der Waals surface area (Å²) in [6, 6.07) is 3.82. The van der Waals surface area contributed by atoms with Gasteiger partial charge in [-0.3, -0.25) is 0 Å². The number of nitrogens with zero attached hydrogens (tertiary/aromatic N) is 2. The molecule has 0 saturated heterocycles. The fourth-order valence-electron chi connectivity index (χ4n) is 1.63. The third-order valence-corrected chi connectivity index (χ3v) is 3.46. The Hall–Kier alpha value is -2.02. The summed E-state index contributed by atoms with van der Waals surface area (Å²) in [6.07, 6.45) is 0. The Morgan fingerprint density at radius 3 is 2.95 bits per heavy atom. The van der Waals surface area contributed by atoms with Gasteiger partial charge in [-0.2, -0.15) is 0 Å². The normalized spacial score (nSPS) is 10.4. The van der Waals surface area contributed by atoms with E-state index in [1.54, 1.807) is 30.9 Å². The van der Waals surface area contributed by atoms with E-state index in [-0.39, 0.29) is 6.03 Å². The molecule has 0 unspecified atom stereocenters. The van der Waals surface area contributed by atoms with Crippen LogP contribution in [0.1, 0.15) is 0 Å². The Kier molecular flexibility index (Phi) is 4.06. The van der Waals surface area contributed by atoms with Crippen LogP contribution in [-0.2, 0) is 0 Å². The molecule has 0 saturated carbocycles. The van der Waals surface area contributed by atoms with E-state index in [0.29, 0.717) is 18.8 Å². The van der Waals surface area contributed by atoms with Gasteiger partial charge in [0.2, 0.25) is 0 Å². The van der Waals surface area contributed by atoms with Gasteiger partial charge in [0.25, 0.3) is 0 Å².